The summed E-state index contributed by atoms with van der Waals surface area (Å²) in [5.74, 6) is 0.646. The van der Waals surface area contributed by atoms with Crippen LogP contribution in [0.15, 0.2) is 65.6 Å². The number of ether oxygens (including phenoxy) is 4. The van der Waals surface area contributed by atoms with Crippen molar-refractivity contribution in [3.63, 3.8) is 0 Å². The van der Waals surface area contributed by atoms with Gasteiger partial charge in [0.15, 0.2) is 18.1 Å². The summed E-state index contributed by atoms with van der Waals surface area (Å²) >= 11 is 0.878. The second kappa shape index (κ2) is 12.3. The highest BCUT2D eigenvalue weighted by atomic mass is 32.2. The van der Waals surface area contributed by atoms with Crippen molar-refractivity contribution in [2.45, 2.75) is 13.8 Å². The van der Waals surface area contributed by atoms with Gasteiger partial charge in [-0.2, -0.15) is 0 Å². The van der Waals surface area contributed by atoms with Gasteiger partial charge < -0.3 is 18.9 Å². The van der Waals surface area contributed by atoms with Crippen molar-refractivity contribution in [3.8, 4) is 17.2 Å². The minimum absolute atomic E-state index is 0.135. The van der Waals surface area contributed by atoms with E-state index < -0.39 is 5.97 Å². The molecule has 0 aliphatic carbocycles. The topological polar surface area (TPSA) is 91.4 Å². The zero-order valence-electron chi connectivity index (χ0n) is 20.6. The Kier molecular flexibility index (Phi) is 8.68. The first-order valence-corrected chi connectivity index (χ1v) is 12.7. The fraction of sp³-hybridized carbons (Fsp3) is 0.250. The van der Waals surface area contributed by atoms with Gasteiger partial charge in [0.25, 0.3) is 11.1 Å². The van der Waals surface area contributed by atoms with Crippen LogP contribution < -0.4 is 14.2 Å². The van der Waals surface area contributed by atoms with Gasteiger partial charge in [-0.25, -0.2) is 4.79 Å². The highest BCUT2D eigenvalue weighted by Gasteiger charge is 2.34. The molecule has 3 aromatic rings. The summed E-state index contributed by atoms with van der Waals surface area (Å²) in [4.78, 5) is 38.6. The largest absolute Gasteiger partial charge is 0.491 e. The van der Waals surface area contributed by atoms with Crippen molar-refractivity contribution in [2.75, 3.05) is 33.0 Å². The van der Waals surface area contributed by atoms with Crippen molar-refractivity contribution < 1.29 is 33.3 Å². The highest BCUT2D eigenvalue weighted by Crippen LogP contribution is 2.35. The minimum Gasteiger partial charge on any atom is -0.491 e. The molecule has 0 N–H and O–H groups in total. The maximum absolute atomic E-state index is 12.9. The fourth-order valence-corrected chi connectivity index (χ4v) is 4.62. The number of carbonyl (C=O) groups is 3. The molecule has 37 heavy (non-hydrogen) atoms. The third-order valence-electron chi connectivity index (χ3n) is 5.41. The van der Waals surface area contributed by atoms with E-state index in [4.69, 9.17) is 18.9 Å². The maximum Gasteiger partial charge on any atom is 0.344 e. The predicted octanol–water partition coefficient (Wildman–Crippen LogP) is 5.30. The summed E-state index contributed by atoms with van der Waals surface area (Å²) in [6.07, 6.45) is 1.63. The number of amides is 2. The van der Waals surface area contributed by atoms with Gasteiger partial charge in [0.2, 0.25) is 0 Å². The second-order valence-corrected chi connectivity index (χ2v) is 8.89. The number of hydrogen-bond donors (Lipinski definition) is 0. The number of esters is 1. The summed E-state index contributed by atoms with van der Waals surface area (Å²) in [6, 6.07) is 18.7. The normalized spacial score (nSPS) is 14.3. The summed E-state index contributed by atoms with van der Waals surface area (Å²) in [5.41, 5.74) is 0.657. The highest BCUT2D eigenvalue weighted by molar-refractivity contribution is 8.18. The molecule has 192 valence electrons. The van der Waals surface area contributed by atoms with E-state index in [9.17, 15) is 14.4 Å². The van der Waals surface area contributed by atoms with Crippen LogP contribution in [-0.4, -0.2) is 55.0 Å². The molecule has 0 atom stereocenters. The average Bonchev–Trinajstić information content (AvgIpc) is 3.16. The van der Waals surface area contributed by atoms with Gasteiger partial charge in [-0.05, 0) is 60.8 Å². The Bertz CT molecular complexity index is 1330. The molecule has 0 radical (unpaired) electrons. The Hall–Kier alpha value is -3.98. The van der Waals surface area contributed by atoms with Gasteiger partial charge in [-0.3, -0.25) is 14.5 Å². The van der Waals surface area contributed by atoms with Gasteiger partial charge in [-0.15, -0.1) is 0 Å². The molecule has 0 bridgehead atoms. The monoisotopic (exact) mass is 521 g/mol. The summed E-state index contributed by atoms with van der Waals surface area (Å²) in [6.45, 7) is 4.27. The molecular weight excluding hydrogens is 494 g/mol. The van der Waals surface area contributed by atoms with Crippen molar-refractivity contribution in [3.05, 3.63) is 71.1 Å². The molecule has 1 aliphatic heterocycles. The lowest BCUT2D eigenvalue weighted by molar-refractivity contribution is -0.145. The number of carbonyl (C=O) groups excluding carboxylic acids is 3. The van der Waals surface area contributed by atoms with Crippen molar-refractivity contribution in [1.82, 2.24) is 4.90 Å². The van der Waals surface area contributed by atoms with Crippen LogP contribution in [0, 0.1) is 0 Å². The molecule has 0 unspecified atom stereocenters. The van der Waals surface area contributed by atoms with E-state index in [0.29, 0.717) is 34.3 Å². The number of fused-ring (bicyclic) bond motifs is 1. The van der Waals surface area contributed by atoms with Gasteiger partial charge in [0, 0.05) is 5.39 Å². The van der Waals surface area contributed by atoms with Crippen LogP contribution >= 0.6 is 11.8 Å². The van der Waals surface area contributed by atoms with Crippen LogP contribution in [0.1, 0.15) is 19.4 Å². The van der Waals surface area contributed by atoms with E-state index in [1.807, 2.05) is 49.4 Å². The number of hydrogen-bond acceptors (Lipinski definition) is 8. The second-order valence-electron chi connectivity index (χ2n) is 7.89. The standard InChI is InChI=1S/C28H27NO7S/c1-3-33-24-16-19(12-13-23(24)36-18-26(30)34-4-2)17-25-27(31)29(28(32)37-25)14-15-35-22-11-7-9-20-8-5-6-10-21(20)22/h5-13,16-17H,3-4,14-15,18H2,1-2H3/b25-17-. The zero-order valence-corrected chi connectivity index (χ0v) is 21.4. The molecule has 1 fully saturated rings. The van der Waals surface area contributed by atoms with Crippen molar-refractivity contribution in [1.29, 1.82) is 0 Å². The molecule has 3 aromatic carbocycles. The van der Waals surface area contributed by atoms with E-state index in [-0.39, 0.29) is 37.5 Å². The molecule has 0 aromatic heterocycles. The average molecular weight is 522 g/mol. The molecule has 8 nitrogen and oxygen atoms in total. The SMILES string of the molecule is CCOC(=O)COc1ccc(/C=C2\SC(=O)N(CCOc3cccc4ccccc34)C2=O)cc1OCC. The van der Waals surface area contributed by atoms with Gasteiger partial charge in [-0.1, -0.05) is 42.5 Å². The van der Waals surface area contributed by atoms with E-state index in [2.05, 4.69) is 0 Å². The Balaban J connectivity index is 1.41. The molecule has 0 saturated carbocycles. The zero-order chi connectivity index (χ0) is 26.2. The summed E-state index contributed by atoms with van der Waals surface area (Å²) in [7, 11) is 0. The van der Waals surface area contributed by atoms with Crippen LogP contribution in [0.4, 0.5) is 4.79 Å². The molecule has 9 heteroatoms. The van der Waals surface area contributed by atoms with Gasteiger partial charge >= 0.3 is 5.97 Å². The number of thioether (sulfide) groups is 1. The van der Waals surface area contributed by atoms with E-state index in [0.717, 1.165) is 22.5 Å². The Morgan fingerprint density at radius 3 is 2.51 bits per heavy atom. The Morgan fingerprint density at radius 1 is 0.892 bits per heavy atom. The minimum atomic E-state index is -0.480. The molecule has 1 aliphatic rings. The fourth-order valence-electron chi connectivity index (χ4n) is 3.75. The smallest absolute Gasteiger partial charge is 0.344 e. The molecule has 4 rings (SSSR count). The number of imide groups is 1. The number of rotatable bonds is 11. The Morgan fingerprint density at radius 2 is 1.70 bits per heavy atom. The maximum atomic E-state index is 12.9. The molecule has 0 spiro atoms. The first kappa shape index (κ1) is 26.1. The first-order valence-electron chi connectivity index (χ1n) is 11.9. The van der Waals surface area contributed by atoms with E-state index >= 15 is 0 Å². The van der Waals surface area contributed by atoms with E-state index in [1.54, 1.807) is 31.2 Å². The van der Waals surface area contributed by atoms with Crippen LogP contribution in [-0.2, 0) is 14.3 Å². The lowest BCUT2D eigenvalue weighted by Crippen LogP contribution is -2.32. The van der Waals surface area contributed by atoms with Crippen molar-refractivity contribution in [2.24, 2.45) is 0 Å². The van der Waals surface area contributed by atoms with Crippen LogP contribution in [0.2, 0.25) is 0 Å². The third kappa shape index (κ3) is 6.42. The number of benzene rings is 3. The Labute approximate surface area is 219 Å². The summed E-state index contributed by atoms with van der Waals surface area (Å²) < 4.78 is 21.9. The molecular formula is C28H27NO7S. The summed E-state index contributed by atoms with van der Waals surface area (Å²) in [5, 5.41) is 1.67. The third-order valence-corrected chi connectivity index (χ3v) is 6.32. The molecule has 1 heterocycles. The molecule has 2 amide bonds. The van der Waals surface area contributed by atoms with Gasteiger partial charge in [0.05, 0.1) is 24.7 Å². The lowest BCUT2D eigenvalue weighted by atomic mass is 10.1. The quantitative estimate of drug-likeness (QED) is 0.248. The van der Waals surface area contributed by atoms with Crippen LogP contribution in [0.25, 0.3) is 16.8 Å². The van der Waals surface area contributed by atoms with E-state index in [1.165, 1.54) is 4.90 Å². The first-order chi connectivity index (χ1) is 18.0. The number of nitrogens with zero attached hydrogens (tertiary/aromatic N) is 1. The lowest BCUT2D eigenvalue weighted by Gasteiger charge is -2.14. The van der Waals surface area contributed by atoms with Crippen molar-refractivity contribution >= 4 is 45.7 Å². The van der Waals surface area contributed by atoms with Crippen LogP contribution in [0.3, 0.4) is 0 Å². The predicted molar refractivity (Wildman–Crippen MR) is 142 cm³/mol. The van der Waals surface area contributed by atoms with Crippen LogP contribution in [0.5, 0.6) is 17.2 Å². The molecule has 1 saturated heterocycles. The van der Waals surface area contributed by atoms with Gasteiger partial charge in [0.1, 0.15) is 12.4 Å².